The van der Waals surface area contributed by atoms with Crippen LogP contribution in [0.25, 0.3) is 36.1 Å². The highest BCUT2D eigenvalue weighted by Gasteiger charge is 2.49. The molecule has 1 aliphatic carbocycles. The van der Waals surface area contributed by atoms with Crippen molar-refractivity contribution in [3.63, 3.8) is 0 Å². The van der Waals surface area contributed by atoms with Crippen LogP contribution in [0.4, 0.5) is 0 Å². The first-order valence-corrected chi connectivity index (χ1v) is 18.2. The smallest absolute Gasteiger partial charge is 0.320 e. The van der Waals surface area contributed by atoms with Gasteiger partial charge in [0.1, 0.15) is 12.5 Å². The van der Waals surface area contributed by atoms with Crippen molar-refractivity contribution >= 4 is 53.9 Å². The predicted octanol–water partition coefficient (Wildman–Crippen LogP) is 4.23. The number of hydrogen-bond donors (Lipinski definition) is 5. The molecule has 2 aliphatic heterocycles. The number of aliphatic hydroxyl groups excluding tert-OH is 1. The minimum Gasteiger partial charge on any atom is -0.515 e. The molecule has 0 saturated carbocycles. The van der Waals surface area contributed by atoms with E-state index in [1.165, 1.54) is 12.7 Å². The number of nitrogens with one attached hydrogen (secondary N) is 4. The Bertz CT molecular complexity index is 2280. The maximum absolute atomic E-state index is 14.3. The van der Waals surface area contributed by atoms with Gasteiger partial charge in [-0.1, -0.05) is 45.4 Å². The van der Waals surface area contributed by atoms with Gasteiger partial charge in [0.25, 0.3) is 0 Å². The normalized spacial score (nSPS) is 23.3. The van der Waals surface area contributed by atoms with Crippen molar-refractivity contribution in [2.75, 3.05) is 13.7 Å². The van der Waals surface area contributed by atoms with E-state index in [-0.39, 0.29) is 36.6 Å². The number of ether oxygens (including phenoxy) is 2. The van der Waals surface area contributed by atoms with Crippen molar-refractivity contribution in [2.24, 2.45) is 17.8 Å². The first-order chi connectivity index (χ1) is 25.0. The number of fused-ring (bicyclic) bond motifs is 8. The molecule has 1 unspecified atom stereocenters. The van der Waals surface area contributed by atoms with Gasteiger partial charge in [-0.15, -0.1) is 0 Å². The Morgan fingerprint density at radius 2 is 1.75 bits per heavy atom. The van der Waals surface area contributed by atoms with Gasteiger partial charge < -0.3 is 34.8 Å². The van der Waals surface area contributed by atoms with Crippen LogP contribution >= 0.6 is 0 Å². The number of aromatic nitrogens is 3. The topological polar surface area (TPSA) is 149 Å². The highest BCUT2D eigenvalue weighted by atomic mass is 16.5. The second-order valence-electron chi connectivity index (χ2n) is 14.2. The van der Waals surface area contributed by atoms with Crippen molar-refractivity contribution in [3.05, 3.63) is 90.1 Å². The van der Waals surface area contributed by atoms with Crippen LogP contribution < -0.4 is 26.6 Å². The third-order valence-electron chi connectivity index (χ3n) is 11.2. The molecule has 10 heteroatoms. The summed E-state index contributed by atoms with van der Waals surface area (Å²) in [7, 11) is 1.30. The molecule has 1 fully saturated rings. The van der Waals surface area contributed by atoms with Gasteiger partial charge in [0.2, 0.25) is 0 Å². The van der Waals surface area contributed by atoms with Crippen LogP contribution in [-0.4, -0.2) is 57.5 Å². The summed E-state index contributed by atoms with van der Waals surface area (Å²) in [5, 5.41) is 16.9. The molecular formula is C42H50N4O6. The third kappa shape index (κ3) is 6.28. The first-order valence-electron chi connectivity index (χ1n) is 18.2. The SMILES string of the molecule is C=Cc1c2[nH]c(c1C)/C=C1\NC(C3=c4[nH]/c(c(C)c4C(=O)[C@@H]3C(=O)OC)=C\c3[nH]c(/c(=C/O)c3CC)=C\2)[C@@H](CCC(=O)OC/C=C(\C)CCC)[C@@H]1C. The highest BCUT2D eigenvalue weighted by Crippen LogP contribution is 2.42. The average Bonchev–Trinajstić information content (AvgIpc) is 3.87. The molecule has 10 nitrogen and oxygen atoms in total. The molecule has 0 radical (unpaired) electrons. The lowest BCUT2D eigenvalue weighted by Crippen LogP contribution is -2.38. The Labute approximate surface area is 303 Å². The summed E-state index contributed by atoms with van der Waals surface area (Å²) in [6, 6.07) is -0.465. The molecule has 4 atom stereocenters. The van der Waals surface area contributed by atoms with Gasteiger partial charge in [0.05, 0.1) is 30.1 Å². The standard InChI is InChI=1S/C42H50N4O6/c1-9-12-21(4)15-16-52-35(48)14-13-27-23(6)30-17-29-22(5)25(10-2)32(43-29)19-34-28(20-47)26(11-3)33(44-34)18-31-24(7)36-40(46-31)37(39(27)45-30)38(41(36)49)42(50)51-8/h10,15,17-20,23,27,38-39,43-47H,2,9,11-14,16H2,1,3-8H3/b21-15+,28-20+,30-17-,31-18-,34-19-/t23-,27-,38+,39?/m0/s1. The lowest BCUT2D eigenvalue weighted by Gasteiger charge is -2.25. The lowest BCUT2D eigenvalue weighted by atomic mass is 9.80. The Balaban J connectivity index is 1.57. The van der Waals surface area contributed by atoms with Gasteiger partial charge in [-0.25, -0.2) is 0 Å². The molecule has 1 saturated heterocycles. The van der Waals surface area contributed by atoms with E-state index in [0.29, 0.717) is 34.5 Å². The summed E-state index contributed by atoms with van der Waals surface area (Å²) in [4.78, 5) is 51.4. The molecule has 3 aliphatic rings. The number of methoxy groups -OCH3 is 1. The molecule has 0 amide bonds. The highest BCUT2D eigenvalue weighted by molar-refractivity contribution is 6.19. The van der Waals surface area contributed by atoms with Crippen molar-refractivity contribution in [1.29, 1.82) is 0 Å². The van der Waals surface area contributed by atoms with Gasteiger partial charge in [0.15, 0.2) is 5.78 Å². The maximum Gasteiger partial charge on any atom is 0.320 e. The summed E-state index contributed by atoms with van der Waals surface area (Å²) < 4.78 is 10.9. The van der Waals surface area contributed by atoms with Crippen LogP contribution in [0.2, 0.25) is 0 Å². The van der Waals surface area contributed by atoms with Crippen LogP contribution in [-0.2, 0) is 25.5 Å². The second-order valence-corrected chi connectivity index (χ2v) is 14.2. The number of aliphatic hydroxyl groups is 1. The number of aromatic amines is 3. The summed E-state index contributed by atoms with van der Waals surface area (Å²) in [5.41, 5.74) is 9.23. The second kappa shape index (κ2) is 14.8. The lowest BCUT2D eigenvalue weighted by molar-refractivity contribution is -0.143. The van der Waals surface area contributed by atoms with Gasteiger partial charge in [-0.05, 0) is 92.5 Å². The van der Waals surface area contributed by atoms with Crippen molar-refractivity contribution in [1.82, 2.24) is 20.3 Å². The number of carbonyl (C=O) groups is 3. The zero-order valence-electron chi connectivity index (χ0n) is 31.2. The van der Waals surface area contributed by atoms with Crippen LogP contribution in [0.5, 0.6) is 0 Å². The Hall–Kier alpha value is -5.25. The number of allylic oxidation sites excluding steroid dienone is 2. The quantitative estimate of drug-likeness (QED) is 0.120. The molecule has 6 rings (SSSR count). The van der Waals surface area contributed by atoms with Crippen LogP contribution in [0, 0.1) is 31.6 Å². The number of ketones is 1. The molecule has 5 heterocycles. The van der Waals surface area contributed by atoms with Gasteiger partial charge >= 0.3 is 11.9 Å². The summed E-state index contributed by atoms with van der Waals surface area (Å²) in [5.74, 6) is -2.61. The molecule has 3 aromatic heterocycles. The minimum absolute atomic E-state index is 0.0808. The van der Waals surface area contributed by atoms with Crippen LogP contribution in [0.15, 0.2) is 23.9 Å². The number of rotatable bonds is 10. The Morgan fingerprint density at radius 3 is 2.42 bits per heavy atom. The molecule has 5 N–H and O–H groups in total. The van der Waals surface area contributed by atoms with Crippen molar-refractivity contribution in [3.8, 4) is 0 Å². The van der Waals surface area contributed by atoms with E-state index in [1.807, 2.05) is 52.0 Å². The van der Waals surface area contributed by atoms with Crippen LogP contribution in [0.3, 0.4) is 0 Å². The summed E-state index contributed by atoms with van der Waals surface area (Å²) in [6.07, 6.45) is 14.2. The fourth-order valence-corrected chi connectivity index (χ4v) is 8.34. The zero-order chi connectivity index (χ0) is 37.4. The van der Waals surface area contributed by atoms with Gasteiger partial charge in [0, 0.05) is 56.8 Å². The van der Waals surface area contributed by atoms with E-state index in [4.69, 9.17) is 9.47 Å². The van der Waals surface area contributed by atoms with Gasteiger partial charge in [-0.2, -0.15) is 0 Å². The number of Topliss-reactive ketones (excluding diaryl/α,β-unsaturated/α-hetero) is 1. The number of carbonyl (C=O) groups excluding carboxylic acids is 3. The van der Waals surface area contributed by atoms with Crippen molar-refractivity contribution < 1.29 is 29.0 Å². The molecule has 8 bridgehead atoms. The summed E-state index contributed by atoms with van der Waals surface area (Å²) >= 11 is 0. The fourth-order valence-electron chi connectivity index (χ4n) is 8.34. The fraction of sp³-hybridized carbons (Fsp3) is 0.405. The number of H-pyrrole nitrogens is 3. The third-order valence-corrected chi connectivity index (χ3v) is 11.2. The largest absolute Gasteiger partial charge is 0.515 e. The average molecular weight is 707 g/mol. The molecule has 0 spiro atoms. The molecule has 3 aromatic rings. The minimum atomic E-state index is -1.14. The number of esters is 2. The molecule has 0 aromatic carbocycles. The monoisotopic (exact) mass is 706 g/mol. The van der Waals surface area contributed by atoms with E-state index < -0.39 is 17.9 Å². The Morgan fingerprint density at radius 1 is 1.00 bits per heavy atom. The Kier molecular flexibility index (Phi) is 10.4. The molecule has 52 heavy (non-hydrogen) atoms. The van der Waals surface area contributed by atoms with E-state index in [1.54, 1.807) is 0 Å². The van der Waals surface area contributed by atoms with Crippen molar-refractivity contribution in [2.45, 2.75) is 79.7 Å². The number of hydrogen-bond acceptors (Lipinski definition) is 7. The van der Waals surface area contributed by atoms with Gasteiger partial charge in [-0.3, -0.25) is 14.4 Å². The maximum atomic E-state index is 14.3. The van der Waals surface area contributed by atoms with E-state index in [0.717, 1.165) is 74.8 Å². The van der Waals surface area contributed by atoms with E-state index in [9.17, 15) is 19.5 Å². The molecule has 274 valence electrons. The van der Waals surface area contributed by atoms with E-state index in [2.05, 4.69) is 46.8 Å². The summed E-state index contributed by atoms with van der Waals surface area (Å²) in [6.45, 7) is 16.5. The molecular weight excluding hydrogens is 656 g/mol. The predicted molar refractivity (Wildman–Crippen MR) is 204 cm³/mol. The zero-order valence-corrected chi connectivity index (χ0v) is 31.2. The van der Waals surface area contributed by atoms with Crippen LogP contribution in [0.1, 0.15) is 103 Å². The van der Waals surface area contributed by atoms with E-state index >= 15 is 0 Å². The first kappa shape index (κ1) is 36.5.